The van der Waals surface area contributed by atoms with Gasteiger partial charge in [-0.1, -0.05) is 11.8 Å². The van der Waals surface area contributed by atoms with E-state index in [4.69, 9.17) is 4.74 Å². The average molecular weight is 455 g/mol. The Morgan fingerprint density at radius 3 is 2.94 bits per heavy atom. The highest BCUT2D eigenvalue weighted by Gasteiger charge is 2.28. The van der Waals surface area contributed by atoms with Crippen molar-refractivity contribution < 1.29 is 9.53 Å². The fraction of sp³-hybridized carbons (Fsp3) is 0.565. The van der Waals surface area contributed by atoms with Crippen LogP contribution in [0.25, 0.3) is 10.9 Å². The van der Waals surface area contributed by atoms with Crippen molar-refractivity contribution in [1.29, 1.82) is 0 Å². The third-order valence-electron chi connectivity index (χ3n) is 6.39. The molecule has 3 aliphatic rings. The van der Waals surface area contributed by atoms with Gasteiger partial charge in [-0.3, -0.25) is 9.79 Å². The summed E-state index contributed by atoms with van der Waals surface area (Å²) in [6, 6.07) is 6.56. The number of fused-ring (bicyclic) bond motifs is 1. The molecule has 1 aromatic heterocycles. The van der Waals surface area contributed by atoms with Crippen LogP contribution in [0.1, 0.15) is 26.2 Å². The molecule has 1 aromatic carbocycles. The summed E-state index contributed by atoms with van der Waals surface area (Å²) >= 11 is 1.71. The number of hydrogen-bond acceptors (Lipinski definition) is 8. The van der Waals surface area contributed by atoms with Gasteiger partial charge in [0.15, 0.2) is 5.17 Å². The summed E-state index contributed by atoms with van der Waals surface area (Å²) in [5.74, 6) is 1.60. The van der Waals surface area contributed by atoms with Gasteiger partial charge < -0.3 is 19.9 Å². The first-order valence-corrected chi connectivity index (χ1v) is 12.3. The molecule has 1 amide bonds. The van der Waals surface area contributed by atoms with Gasteiger partial charge in [0.1, 0.15) is 12.1 Å². The molecule has 32 heavy (non-hydrogen) atoms. The van der Waals surface area contributed by atoms with Crippen molar-refractivity contribution in [1.82, 2.24) is 15.3 Å². The number of carbonyl (C=O) groups excluding carboxylic acids is 1. The fourth-order valence-corrected chi connectivity index (χ4v) is 6.07. The summed E-state index contributed by atoms with van der Waals surface area (Å²) in [5.41, 5.74) is 2.20. The molecule has 8 nitrogen and oxygen atoms in total. The molecule has 2 atom stereocenters. The molecule has 0 saturated carbocycles. The maximum absolute atomic E-state index is 11.3. The molecular formula is C23H30N6O2S. The predicted octanol–water partition coefficient (Wildman–Crippen LogP) is 2.68. The monoisotopic (exact) mass is 454 g/mol. The van der Waals surface area contributed by atoms with Crippen LogP contribution in [0, 0.1) is 5.92 Å². The number of anilines is 2. The molecule has 0 spiro atoms. The highest BCUT2D eigenvalue weighted by Crippen LogP contribution is 2.33. The molecule has 170 valence electrons. The molecule has 4 heterocycles. The van der Waals surface area contributed by atoms with Crippen LogP contribution in [0.4, 0.5) is 11.5 Å². The lowest BCUT2D eigenvalue weighted by molar-refractivity contribution is -0.117. The molecule has 2 aromatic rings. The number of piperidine rings is 1. The molecule has 0 radical (unpaired) electrons. The normalized spacial score (nSPS) is 24.0. The first-order chi connectivity index (χ1) is 15.7. The van der Waals surface area contributed by atoms with Crippen LogP contribution in [0.3, 0.4) is 0 Å². The number of carbonyl (C=O) groups is 1. The number of amides is 1. The minimum absolute atomic E-state index is 0.0480. The summed E-state index contributed by atoms with van der Waals surface area (Å²) in [6.07, 6.45) is 5.20. The molecule has 3 aliphatic heterocycles. The van der Waals surface area contributed by atoms with Crippen molar-refractivity contribution in [2.75, 3.05) is 55.7 Å². The highest BCUT2D eigenvalue weighted by atomic mass is 32.2. The largest absolute Gasteiger partial charge is 0.378 e. The Morgan fingerprint density at radius 2 is 2.09 bits per heavy atom. The summed E-state index contributed by atoms with van der Waals surface area (Å²) in [5, 5.41) is 5.17. The van der Waals surface area contributed by atoms with Crippen LogP contribution in [0.2, 0.25) is 0 Å². The third-order valence-corrected chi connectivity index (χ3v) is 7.52. The van der Waals surface area contributed by atoms with Gasteiger partial charge in [0.25, 0.3) is 0 Å². The molecule has 2 fully saturated rings. The van der Waals surface area contributed by atoms with Crippen molar-refractivity contribution in [2.24, 2.45) is 10.9 Å². The van der Waals surface area contributed by atoms with Gasteiger partial charge in [-0.25, -0.2) is 9.97 Å². The zero-order valence-corrected chi connectivity index (χ0v) is 19.3. The van der Waals surface area contributed by atoms with Gasteiger partial charge in [0.05, 0.1) is 25.3 Å². The first-order valence-electron chi connectivity index (χ1n) is 11.5. The zero-order valence-electron chi connectivity index (χ0n) is 18.5. The summed E-state index contributed by atoms with van der Waals surface area (Å²) < 4.78 is 5.49. The molecular weight excluding hydrogens is 424 g/mol. The number of nitrogens with zero attached hydrogens (tertiary/aromatic N) is 5. The Morgan fingerprint density at radius 1 is 1.22 bits per heavy atom. The number of aromatic nitrogens is 2. The average Bonchev–Trinajstić information content (AvgIpc) is 3.25. The lowest BCUT2D eigenvalue weighted by Crippen LogP contribution is -2.37. The molecule has 5 rings (SSSR count). The fourth-order valence-electron chi connectivity index (χ4n) is 4.88. The minimum atomic E-state index is -0.0480. The molecule has 2 unspecified atom stereocenters. The number of morpholine rings is 1. The van der Waals surface area contributed by atoms with Crippen LogP contribution in [0.15, 0.2) is 29.5 Å². The van der Waals surface area contributed by atoms with Crippen LogP contribution < -0.4 is 15.1 Å². The Balaban J connectivity index is 1.27. The van der Waals surface area contributed by atoms with E-state index in [1.165, 1.54) is 25.5 Å². The van der Waals surface area contributed by atoms with E-state index in [1.807, 2.05) is 0 Å². The molecule has 0 aliphatic carbocycles. The Labute approximate surface area is 192 Å². The SMILES string of the molecule is CC(=O)NC1=NCC(CC2CCCN(c3ncnc4cc(N5CCOCC5)ccc34)C2)S1. The minimum Gasteiger partial charge on any atom is -0.378 e. The van der Waals surface area contributed by atoms with E-state index in [0.717, 1.165) is 74.2 Å². The van der Waals surface area contributed by atoms with Crippen molar-refractivity contribution in [3.8, 4) is 0 Å². The van der Waals surface area contributed by atoms with Crippen LogP contribution >= 0.6 is 11.8 Å². The number of aliphatic imine (C=N–C) groups is 1. The van der Waals surface area contributed by atoms with E-state index in [2.05, 4.69) is 48.3 Å². The van der Waals surface area contributed by atoms with Crippen LogP contribution in [-0.4, -0.2) is 72.2 Å². The van der Waals surface area contributed by atoms with Gasteiger partial charge in [-0.2, -0.15) is 0 Å². The Kier molecular flexibility index (Phi) is 6.45. The molecule has 9 heteroatoms. The number of amidine groups is 1. The van der Waals surface area contributed by atoms with Crippen LogP contribution in [0.5, 0.6) is 0 Å². The zero-order chi connectivity index (χ0) is 21.9. The maximum atomic E-state index is 11.3. The second-order valence-electron chi connectivity index (χ2n) is 8.76. The van der Waals surface area contributed by atoms with Crippen molar-refractivity contribution in [3.63, 3.8) is 0 Å². The second-order valence-corrected chi connectivity index (χ2v) is 10.0. The van der Waals surface area contributed by atoms with E-state index >= 15 is 0 Å². The van der Waals surface area contributed by atoms with E-state index in [-0.39, 0.29) is 5.91 Å². The maximum Gasteiger partial charge on any atom is 0.222 e. The van der Waals surface area contributed by atoms with Gasteiger partial charge in [0.2, 0.25) is 5.91 Å². The standard InChI is InChI=1S/C23H30N6O2S/c1-16(30)27-23-24-13-19(32-23)11-17-3-2-6-29(14-17)22-20-5-4-18(12-21(20)25-15-26-22)28-7-9-31-10-8-28/h4-5,12,15,17,19H,2-3,6-11,13-14H2,1H3,(H,24,27,30). The number of thioether (sulfide) groups is 1. The number of benzene rings is 1. The summed E-state index contributed by atoms with van der Waals surface area (Å²) in [6.45, 7) is 7.75. The van der Waals surface area contributed by atoms with Gasteiger partial charge in [0, 0.05) is 49.4 Å². The Hall–Kier alpha value is -2.39. The summed E-state index contributed by atoms with van der Waals surface area (Å²) in [7, 11) is 0. The van der Waals surface area contributed by atoms with Crippen molar-refractivity contribution in [2.45, 2.75) is 31.4 Å². The summed E-state index contributed by atoms with van der Waals surface area (Å²) in [4.78, 5) is 29.8. The van der Waals surface area contributed by atoms with Gasteiger partial charge >= 0.3 is 0 Å². The molecule has 0 bridgehead atoms. The number of nitrogens with one attached hydrogen (secondary N) is 1. The second kappa shape index (κ2) is 9.62. The highest BCUT2D eigenvalue weighted by molar-refractivity contribution is 8.14. The number of rotatable bonds is 4. The molecule has 2 saturated heterocycles. The lowest BCUT2D eigenvalue weighted by atomic mass is 9.93. The van der Waals surface area contributed by atoms with Crippen molar-refractivity contribution in [3.05, 3.63) is 24.5 Å². The third kappa shape index (κ3) is 4.83. The smallest absolute Gasteiger partial charge is 0.222 e. The number of ether oxygens (including phenoxy) is 1. The number of hydrogen-bond donors (Lipinski definition) is 1. The van der Waals surface area contributed by atoms with E-state index in [0.29, 0.717) is 11.2 Å². The molecule has 1 N–H and O–H groups in total. The quantitative estimate of drug-likeness (QED) is 0.760. The van der Waals surface area contributed by atoms with Gasteiger partial charge in [-0.05, 0) is 43.4 Å². The predicted molar refractivity (Wildman–Crippen MR) is 130 cm³/mol. The van der Waals surface area contributed by atoms with Gasteiger partial charge in [-0.15, -0.1) is 0 Å². The topological polar surface area (TPSA) is 83.0 Å². The lowest BCUT2D eigenvalue weighted by Gasteiger charge is -2.35. The van der Waals surface area contributed by atoms with Crippen molar-refractivity contribution >= 4 is 45.2 Å². The van der Waals surface area contributed by atoms with E-state index in [9.17, 15) is 4.79 Å². The first kappa shape index (κ1) is 21.5. The van der Waals surface area contributed by atoms with Crippen LogP contribution in [-0.2, 0) is 9.53 Å². The Bertz CT molecular complexity index is 1010. The van der Waals surface area contributed by atoms with E-state index < -0.39 is 0 Å². The van der Waals surface area contributed by atoms with E-state index in [1.54, 1.807) is 18.1 Å².